The highest BCUT2D eigenvalue weighted by atomic mass is 32.2. The van der Waals surface area contributed by atoms with E-state index in [0.29, 0.717) is 17.5 Å². The van der Waals surface area contributed by atoms with Crippen molar-refractivity contribution in [2.24, 2.45) is 0 Å². The largest absolute Gasteiger partial charge is 0.395 e. The van der Waals surface area contributed by atoms with E-state index in [2.05, 4.69) is 4.72 Å². The summed E-state index contributed by atoms with van der Waals surface area (Å²) in [7, 11) is -3.77. The normalized spacial score (nSPS) is 12.6. The molecule has 0 radical (unpaired) electrons. The maximum atomic E-state index is 12.5. The summed E-state index contributed by atoms with van der Waals surface area (Å²) in [6.07, 6.45) is 0.395. The number of nitrogens with zero attached hydrogens (tertiary/aromatic N) is 1. The van der Waals surface area contributed by atoms with Crippen molar-refractivity contribution in [2.45, 2.75) is 24.3 Å². The molecule has 0 saturated heterocycles. The molecule has 0 aliphatic carbocycles. The van der Waals surface area contributed by atoms with Crippen molar-refractivity contribution in [3.63, 3.8) is 0 Å². The van der Waals surface area contributed by atoms with Crippen LogP contribution in [0.15, 0.2) is 53.4 Å². The van der Waals surface area contributed by atoms with E-state index in [9.17, 15) is 13.5 Å². The highest BCUT2D eigenvalue weighted by Crippen LogP contribution is 2.17. The first-order valence-electron chi connectivity index (χ1n) is 7.14. The third-order valence-corrected chi connectivity index (χ3v) is 5.14. The Morgan fingerprint density at radius 3 is 2.48 bits per heavy atom. The van der Waals surface area contributed by atoms with Crippen molar-refractivity contribution >= 4 is 10.0 Å². The number of aliphatic hydroxyl groups excluding tert-OH is 1. The summed E-state index contributed by atoms with van der Waals surface area (Å²) < 4.78 is 27.5. The molecule has 0 fully saturated rings. The summed E-state index contributed by atoms with van der Waals surface area (Å²) in [5, 5.41) is 18.3. The monoisotopic (exact) mass is 330 g/mol. The number of rotatable bonds is 6. The predicted octanol–water partition coefficient (Wildman–Crippen LogP) is 1.75. The average molecular weight is 330 g/mol. The summed E-state index contributed by atoms with van der Waals surface area (Å²) in [6, 6.07) is 15.1. The van der Waals surface area contributed by atoms with Gasteiger partial charge in [-0.2, -0.15) is 5.26 Å². The first-order valence-corrected chi connectivity index (χ1v) is 8.62. The topological polar surface area (TPSA) is 90.2 Å². The van der Waals surface area contributed by atoms with Crippen LogP contribution in [0.5, 0.6) is 0 Å². The summed E-state index contributed by atoms with van der Waals surface area (Å²) in [5.41, 5.74) is 1.84. The Balaban J connectivity index is 2.21. The van der Waals surface area contributed by atoms with Gasteiger partial charge in [-0.3, -0.25) is 0 Å². The summed E-state index contributed by atoms with van der Waals surface area (Å²) in [4.78, 5) is 0.114. The molecule has 2 aromatic rings. The molecule has 0 bridgehead atoms. The van der Waals surface area contributed by atoms with E-state index >= 15 is 0 Å². The molecule has 0 amide bonds. The van der Waals surface area contributed by atoms with Crippen molar-refractivity contribution in [3.05, 3.63) is 65.2 Å². The zero-order chi connectivity index (χ0) is 16.9. The van der Waals surface area contributed by atoms with Gasteiger partial charge in [0.15, 0.2) is 0 Å². The second-order valence-electron chi connectivity index (χ2n) is 5.28. The van der Waals surface area contributed by atoms with E-state index in [1.807, 2.05) is 36.4 Å². The van der Waals surface area contributed by atoms with Gasteiger partial charge in [-0.25, -0.2) is 13.1 Å². The smallest absolute Gasteiger partial charge is 0.241 e. The van der Waals surface area contributed by atoms with Gasteiger partial charge >= 0.3 is 0 Å². The van der Waals surface area contributed by atoms with Gasteiger partial charge in [0, 0.05) is 6.04 Å². The molecular weight excluding hydrogens is 312 g/mol. The molecule has 0 aliphatic rings. The van der Waals surface area contributed by atoms with E-state index in [1.165, 1.54) is 18.2 Å². The lowest BCUT2D eigenvalue weighted by Gasteiger charge is -2.17. The highest BCUT2D eigenvalue weighted by Gasteiger charge is 2.21. The van der Waals surface area contributed by atoms with Crippen LogP contribution in [-0.4, -0.2) is 26.2 Å². The van der Waals surface area contributed by atoms with Crippen molar-refractivity contribution in [1.29, 1.82) is 5.26 Å². The first-order chi connectivity index (χ1) is 11.0. The quantitative estimate of drug-likeness (QED) is 0.844. The van der Waals surface area contributed by atoms with Crippen LogP contribution in [0.1, 0.15) is 16.7 Å². The van der Waals surface area contributed by atoms with Crippen LogP contribution < -0.4 is 4.72 Å². The molecule has 1 atom stereocenters. The van der Waals surface area contributed by atoms with Crippen LogP contribution in [0.25, 0.3) is 0 Å². The molecular formula is C17H18N2O3S. The van der Waals surface area contributed by atoms with Crippen LogP contribution >= 0.6 is 0 Å². The van der Waals surface area contributed by atoms with Crippen LogP contribution in [0.4, 0.5) is 0 Å². The average Bonchev–Trinajstić information content (AvgIpc) is 2.54. The van der Waals surface area contributed by atoms with Gasteiger partial charge < -0.3 is 5.11 Å². The number of aliphatic hydroxyl groups is 1. The summed E-state index contributed by atoms with van der Waals surface area (Å²) in [6.45, 7) is 1.34. The van der Waals surface area contributed by atoms with E-state index in [4.69, 9.17) is 5.26 Å². The summed E-state index contributed by atoms with van der Waals surface area (Å²) >= 11 is 0. The van der Waals surface area contributed by atoms with Crippen LogP contribution in [0.3, 0.4) is 0 Å². The Kier molecular flexibility index (Phi) is 5.50. The van der Waals surface area contributed by atoms with Gasteiger partial charge in [0.2, 0.25) is 10.0 Å². The maximum absolute atomic E-state index is 12.5. The van der Waals surface area contributed by atoms with Crippen LogP contribution in [0, 0.1) is 18.3 Å². The second-order valence-corrected chi connectivity index (χ2v) is 6.96. The number of sulfonamides is 1. The van der Waals surface area contributed by atoms with Gasteiger partial charge in [-0.05, 0) is 42.7 Å². The molecule has 0 aliphatic heterocycles. The van der Waals surface area contributed by atoms with Gasteiger partial charge in [-0.1, -0.05) is 30.3 Å². The fourth-order valence-electron chi connectivity index (χ4n) is 2.35. The molecule has 120 valence electrons. The lowest BCUT2D eigenvalue weighted by molar-refractivity contribution is 0.256. The number of hydrogen-bond donors (Lipinski definition) is 2. The van der Waals surface area contributed by atoms with E-state index in [0.717, 1.165) is 5.56 Å². The molecule has 23 heavy (non-hydrogen) atoms. The number of nitriles is 1. The number of aryl methyl sites for hydroxylation is 1. The number of benzene rings is 2. The summed E-state index contributed by atoms with van der Waals surface area (Å²) in [5.74, 6) is 0. The molecule has 0 saturated carbocycles. The lowest BCUT2D eigenvalue weighted by atomic mass is 10.1. The Bertz CT molecular complexity index is 811. The molecule has 2 N–H and O–H groups in total. The third-order valence-electron chi connectivity index (χ3n) is 3.46. The van der Waals surface area contributed by atoms with Crippen molar-refractivity contribution in [3.8, 4) is 6.07 Å². The van der Waals surface area contributed by atoms with E-state index in [1.54, 1.807) is 6.92 Å². The van der Waals surface area contributed by atoms with Gasteiger partial charge in [0.1, 0.15) is 0 Å². The number of hydrogen-bond acceptors (Lipinski definition) is 4. The highest BCUT2D eigenvalue weighted by molar-refractivity contribution is 7.89. The zero-order valence-corrected chi connectivity index (χ0v) is 13.5. The minimum Gasteiger partial charge on any atom is -0.395 e. The molecule has 0 aromatic heterocycles. The van der Waals surface area contributed by atoms with Crippen LogP contribution in [-0.2, 0) is 16.4 Å². The fraction of sp³-hybridized carbons (Fsp3) is 0.235. The molecule has 6 heteroatoms. The molecule has 2 aromatic carbocycles. The Hall–Kier alpha value is -2.20. The fourth-order valence-corrected chi connectivity index (χ4v) is 3.80. The van der Waals surface area contributed by atoms with Gasteiger partial charge in [-0.15, -0.1) is 0 Å². The molecule has 0 unspecified atom stereocenters. The second kappa shape index (κ2) is 7.38. The maximum Gasteiger partial charge on any atom is 0.241 e. The van der Waals surface area contributed by atoms with Crippen molar-refractivity contribution in [1.82, 2.24) is 4.72 Å². The number of nitrogens with one attached hydrogen (secondary N) is 1. The van der Waals surface area contributed by atoms with E-state index < -0.39 is 16.1 Å². The molecule has 0 spiro atoms. The molecule has 2 rings (SSSR count). The Morgan fingerprint density at radius 1 is 1.22 bits per heavy atom. The minimum absolute atomic E-state index is 0.114. The lowest BCUT2D eigenvalue weighted by Crippen LogP contribution is -2.39. The standard InChI is InChI=1S/C17H18N2O3S/c1-13-9-15(11-18)7-8-17(13)23(21,22)19-16(12-20)10-14-5-3-2-4-6-14/h2-9,16,19-20H,10,12H2,1H3/t16-/m1/s1. The SMILES string of the molecule is Cc1cc(C#N)ccc1S(=O)(=O)N[C@@H](CO)Cc1ccccc1. The van der Waals surface area contributed by atoms with Crippen molar-refractivity contribution in [2.75, 3.05) is 6.61 Å². The Morgan fingerprint density at radius 2 is 1.91 bits per heavy atom. The van der Waals surface area contributed by atoms with E-state index in [-0.39, 0.29) is 11.5 Å². The predicted molar refractivity (Wildman–Crippen MR) is 87.2 cm³/mol. The van der Waals surface area contributed by atoms with Crippen LogP contribution in [0.2, 0.25) is 0 Å². The first kappa shape index (κ1) is 17.2. The third kappa shape index (κ3) is 4.39. The van der Waals surface area contributed by atoms with Gasteiger partial charge in [0.05, 0.1) is 23.1 Å². The van der Waals surface area contributed by atoms with Crippen molar-refractivity contribution < 1.29 is 13.5 Å². The zero-order valence-electron chi connectivity index (χ0n) is 12.7. The Labute approximate surface area is 136 Å². The molecule has 0 heterocycles. The minimum atomic E-state index is -3.77. The van der Waals surface area contributed by atoms with Gasteiger partial charge in [0.25, 0.3) is 0 Å². The molecule has 5 nitrogen and oxygen atoms in total.